The molecule has 1 atom stereocenters. The second-order valence-electron chi connectivity index (χ2n) is 7.68. The van der Waals surface area contributed by atoms with Crippen LogP contribution in [-0.4, -0.2) is 51.0 Å². The molecule has 2 aromatic carbocycles. The van der Waals surface area contributed by atoms with Crippen molar-refractivity contribution >= 4 is 62.3 Å². The Bertz CT molecular complexity index is 1110. The maximum Gasteiger partial charge on any atom is 0.242 e. The van der Waals surface area contributed by atoms with E-state index in [1.54, 1.807) is 49.4 Å². The lowest BCUT2D eigenvalue weighted by atomic mass is 10.1. The standard InChI is InChI=1S/C23H28Cl3N3O4S/c1-4-21(23(31)27-2)28(15-18-19(25)10-6-11-20(18)26)22(30)12-7-13-29(34(3,32)33)17-9-5-8-16(24)14-17/h5-6,8-11,14,21H,4,7,12-13,15H2,1-3H3,(H,27,31). The molecule has 11 heteroatoms. The monoisotopic (exact) mass is 547 g/mol. The third-order valence-corrected chi connectivity index (χ3v) is 7.41. The van der Waals surface area contributed by atoms with E-state index in [4.69, 9.17) is 34.8 Å². The third kappa shape index (κ3) is 7.50. The summed E-state index contributed by atoms with van der Waals surface area (Å²) in [5.74, 6) is -0.623. The van der Waals surface area contributed by atoms with Gasteiger partial charge in [0.15, 0.2) is 0 Å². The van der Waals surface area contributed by atoms with Crippen LogP contribution in [0.25, 0.3) is 0 Å². The molecule has 0 aromatic heterocycles. The number of likely N-dealkylation sites (N-methyl/N-ethyl adjacent to an activating group) is 1. The van der Waals surface area contributed by atoms with Gasteiger partial charge < -0.3 is 10.2 Å². The number of amides is 2. The minimum absolute atomic E-state index is 0.0160. The molecular weight excluding hydrogens is 521 g/mol. The molecule has 0 saturated heterocycles. The molecule has 0 heterocycles. The highest BCUT2D eigenvalue weighted by Gasteiger charge is 2.29. The van der Waals surface area contributed by atoms with Gasteiger partial charge >= 0.3 is 0 Å². The summed E-state index contributed by atoms with van der Waals surface area (Å²) in [5.41, 5.74) is 0.956. The molecule has 186 valence electrons. The van der Waals surface area contributed by atoms with Crippen LogP contribution in [0.5, 0.6) is 0 Å². The fourth-order valence-corrected chi connectivity index (χ4v) is 5.23. The van der Waals surface area contributed by atoms with Crippen LogP contribution >= 0.6 is 34.8 Å². The van der Waals surface area contributed by atoms with Crippen molar-refractivity contribution in [3.8, 4) is 0 Å². The van der Waals surface area contributed by atoms with Crippen LogP contribution in [-0.2, 0) is 26.2 Å². The Labute approximate surface area is 216 Å². The fourth-order valence-electron chi connectivity index (χ4n) is 3.57. The molecule has 0 saturated carbocycles. The predicted octanol–water partition coefficient (Wildman–Crippen LogP) is 4.75. The molecule has 1 N–H and O–H groups in total. The number of sulfonamides is 1. The average Bonchev–Trinajstić information content (AvgIpc) is 2.77. The molecule has 2 amide bonds. The van der Waals surface area contributed by atoms with Gasteiger partial charge in [-0.2, -0.15) is 0 Å². The summed E-state index contributed by atoms with van der Waals surface area (Å²) >= 11 is 18.6. The predicted molar refractivity (Wildman–Crippen MR) is 138 cm³/mol. The highest BCUT2D eigenvalue weighted by atomic mass is 35.5. The van der Waals surface area contributed by atoms with Crippen molar-refractivity contribution in [3.63, 3.8) is 0 Å². The molecule has 2 rings (SSSR count). The van der Waals surface area contributed by atoms with Crippen LogP contribution in [0.2, 0.25) is 15.1 Å². The van der Waals surface area contributed by atoms with Gasteiger partial charge in [0, 0.05) is 47.2 Å². The van der Waals surface area contributed by atoms with Gasteiger partial charge in [0.05, 0.1) is 11.9 Å². The maximum absolute atomic E-state index is 13.3. The zero-order valence-corrected chi connectivity index (χ0v) is 22.3. The smallest absolute Gasteiger partial charge is 0.242 e. The van der Waals surface area contributed by atoms with Gasteiger partial charge in [-0.25, -0.2) is 8.42 Å². The van der Waals surface area contributed by atoms with Crippen LogP contribution < -0.4 is 9.62 Å². The fraction of sp³-hybridized carbons (Fsp3) is 0.391. The van der Waals surface area contributed by atoms with Gasteiger partial charge in [-0.15, -0.1) is 0 Å². The van der Waals surface area contributed by atoms with E-state index < -0.39 is 16.1 Å². The Morgan fingerprint density at radius 1 is 1.06 bits per heavy atom. The molecule has 34 heavy (non-hydrogen) atoms. The number of hydrogen-bond acceptors (Lipinski definition) is 4. The molecule has 0 fully saturated rings. The SMILES string of the molecule is CCC(C(=O)NC)N(Cc1c(Cl)cccc1Cl)C(=O)CCCN(c1cccc(Cl)c1)S(C)(=O)=O. The average molecular weight is 549 g/mol. The van der Waals surface area contributed by atoms with E-state index in [2.05, 4.69) is 5.32 Å². The summed E-state index contributed by atoms with van der Waals surface area (Å²) < 4.78 is 25.9. The first-order valence-electron chi connectivity index (χ1n) is 10.7. The third-order valence-electron chi connectivity index (χ3n) is 5.27. The zero-order valence-electron chi connectivity index (χ0n) is 19.2. The largest absolute Gasteiger partial charge is 0.357 e. The molecule has 0 radical (unpaired) electrons. The Balaban J connectivity index is 2.24. The number of carbonyl (C=O) groups excluding carboxylic acids is 2. The number of hydrogen-bond donors (Lipinski definition) is 1. The summed E-state index contributed by atoms with van der Waals surface area (Å²) in [4.78, 5) is 27.2. The van der Waals surface area contributed by atoms with E-state index in [9.17, 15) is 18.0 Å². The molecular formula is C23H28Cl3N3O4S. The number of nitrogens with zero attached hydrogens (tertiary/aromatic N) is 2. The number of carbonyl (C=O) groups is 2. The first-order valence-corrected chi connectivity index (χ1v) is 13.6. The second-order valence-corrected chi connectivity index (χ2v) is 10.8. The summed E-state index contributed by atoms with van der Waals surface area (Å²) in [5, 5.41) is 3.77. The number of rotatable bonds is 11. The summed E-state index contributed by atoms with van der Waals surface area (Å²) in [6.45, 7) is 1.93. The lowest BCUT2D eigenvalue weighted by Gasteiger charge is -2.31. The zero-order chi connectivity index (χ0) is 25.5. The van der Waals surface area contributed by atoms with E-state index in [-0.39, 0.29) is 37.7 Å². The highest BCUT2D eigenvalue weighted by molar-refractivity contribution is 7.92. The van der Waals surface area contributed by atoms with Crippen LogP contribution in [0.1, 0.15) is 31.7 Å². The van der Waals surface area contributed by atoms with E-state index in [1.165, 1.54) is 16.3 Å². The molecule has 1 unspecified atom stereocenters. The maximum atomic E-state index is 13.3. The Morgan fingerprint density at radius 3 is 2.21 bits per heavy atom. The van der Waals surface area contributed by atoms with Crippen molar-refractivity contribution in [2.75, 3.05) is 24.2 Å². The lowest BCUT2D eigenvalue weighted by molar-refractivity contribution is -0.141. The van der Waals surface area contributed by atoms with Crippen molar-refractivity contribution in [1.82, 2.24) is 10.2 Å². The molecule has 0 aliphatic heterocycles. The number of nitrogens with one attached hydrogen (secondary N) is 1. The first kappa shape index (κ1) is 28.2. The molecule has 0 aliphatic rings. The first-order chi connectivity index (χ1) is 16.0. The van der Waals surface area contributed by atoms with Crippen molar-refractivity contribution in [2.24, 2.45) is 0 Å². The topological polar surface area (TPSA) is 86.8 Å². The van der Waals surface area contributed by atoms with Crippen LogP contribution in [0, 0.1) is 0 Å². The molecule has 0 bridgehead atoms. The lowest BCUT2D eigenvalue weighted by Crippen LogP contribution is -2.48. The van der Waals surface area contributed by atoms with Gasteiger partial charge in [-0.05, 0) is 43.2 Å². The number of benzene rings is 2. The minimum Gasteiger partial charge on any atom is -0.357 e. The van der Waals surface area contributed by atoms with Gasteiger partial charge in [0.1, 0.15) is 6.04 Å². The molecule has 0 aliphatic carbocycles. The number of anilines is 1. The molecule has 7 nitrogen and oxygen atoms in total. The molecule has 2 aromatic rings. The normalized spacial score (nSPS) is 12.2. The minimum atomic E-state index is -3.60. The highest BCUT2D eigenvalue weighted by Crippen LogP contribution is 2.28. The van der Waals surface area contributed by atoms with E-state index in [0.29, 0.717) is 32.7 Å². The Kier molecular flexibility index (Phi) is 10.5. The van der Waals surface area contributed by atoms with Crippen molar-refractivity contribution in [2.45, 2.75) is 38.8 Å². The van der Waals surface area contributed by atoms with Crippen molar-refractivity contribution in [3.05, 3.63) is 63.1 Å². The van der Waals surface area contributed by atoms with E-state index in [0.717, 1.165) is 6.26 Å². The van der Waals surface area contributed by atoms with Crippen molar-refractivity contribution < 1.29 is 18.0 Å². The number of halogens is 3. The Hall–Kier alpha value is -2.00. The van der Waals surface area contributed by atoms with Crippen LogP contribution in [0.15, 0.2) is 42.5 Å². The quantitative estimate of drug-likeness (QED) is 0.439. The van der Waals surface area contributed by atoms with Gasteiger partial charge in [-0.3, -0.25) is 13.9 Å². The van der Waals surface area contributed by atoms with Gasteiger partial charge in [-0.1, -0.05) is 53.9 Å². The van der Waals surface area contributed by atoms with Gasteiger partial charge in [0.2, 0.25) is 21.8 Å². The Morgan fingerprint density at radius 2 is 1.68 bits per heavy atom. The summed E-state index contributed by atoms with van der Waals surface area (Å²) in [6, 6.07) is 10.8. The van der Waals surface area contributed by atoms with Crippen molar-refractivity contribution in [1.29, 1.82) is 0 Å². The summed E-state index contributed by atoms with van der Waals surface area (Å²) in [6.07, 6.45) is 1.73. The van der Waals surface area contributed by atoms with Gasteiger partial charge in [0.25, 0.3) is 0 Å². The van der Waals surface area contributed by atoms with Crippen LogP contribution in [0.3, 0.4) is 0 Å². The van der Waals surface area contributed by atoms with Crippen LogP contribution in [0.4, 0.5) is 5.69 Å². The molecule has 0 spiro atoms. The summed E-state index contributed by atoms with van der Waals surface area (Å²) in [7, 11) is -2.10. The van der Waals surface area contributed by atoms with E-state index in [1.807, 2.05) is 0 Å². The van der Waals surface area contributed by atoms with E-state index >= 15 is 0 Å². The second kappa shape index (κ2) is 12.6.